The molecule has 1 atom stereocenters. The standard InChI is InChI=1S/C3BrF6/c4-2(7,1(5)6)3(8,9)10. The third kappa shape index (κ3) is 1.77. The normalized spacial score (nSPS) is 19.2. The van der Waals surface area contributed by atoms with Gasteiger partial charge in [-0.2, -0.15) is 22.0 Å². The fourth-order valence-corrected chi connectivity index (χ4v) is 0.107. The third-order valence-electron chi connectivity index (χ3n) is 0.593. The molecule has 10 heavy (non-hydrogen) atoms. The van der Waals surface area contributed by atoms with E-state index in [-0.39, 0.29) is 0 Å². The second-order valence-corrected chi connectivity index (χ2v) is 2.43. The second-order valence-electron chi connectivity index (χ2n) is 1.33. The van der Waals surface area contributed by atoms with E-state index in [0.29, 0.717) is 0 Å². The molecule has 0 aromatic carbocycles. The van der Waals surface area contributed by atoms with E-state index in [1.165, 1.54) is 15.9 Å². The maximum absolute atomic E-state index is 11.7. The first-order valence-electron chi connectivity index (χ1n) is 1.82. The lowest BCUT2D eigenvalue weighted by molar-refractivity contribution is -0.202. The van der Waals surface area contributed by atoms with Gasteiger partial charge in [-0.25, -0.2) is 4.39 Å². The quantitative estimate of drug-likeness (QED) is 0.479. The van der Waals surface area contributed by atoms with Crippen LogP contribution < -0.4 is 0 Å². The Morgan fingerprint density at radius 1 is 1.00 bits per heavy atom. The van der Waals surface area contributed by atoms with Gasteiger partial charge in [0.15, 0.2) is 0 Å². The summed E-state index contributed by atoms with van der Waals surface area (Å²) in [6.45, 7) is 0. The maximum atomic E-state index is 11.7. The van der Waals surface area contributed by atoms with Gasteiger partial charge in [0.2, 0.25) is 0 Å². The van der Waals surface area contributed by atoms with Crippen LogP contribution in [-0.2, 0) is 0 Å². The van der Waals surface area contributed by atoms with Gasteiger partial charge in [-0.3, -0.25) is 0 Å². The van der Waals surface area contributed by atoms with E-state index in [1.807, 2.05) is 0 Å². The molecule has 0 saturated heterocycles. The lowest BCUT2D eigenvalue weighted by Crippen LogP contribution is -2.37. The van der Waals surface area contributed by atoms with Gasteiger partial charge >= 0.3 is 17.2 Å². The molecular formula is C3BrF6. The van der Waals surface area contributed by atoms with Crippen molar-refractivity contribution in [2.24, 2.45) is 0 Å². The Kier molecular flexibility index (Phi) is 2.61. The molecule has 0 amide bonds. The molecule has 0 heterocycles. The minimum atomic E-state index is -5.62. The van der Waals surface area contributed by atoms with Crippen LogP contribution in [0.1, 0.15) is 0 Å². The fourth-order valence-electron chi connectivity index (χ4n) is 0.107. The van der Waals surface area contributed by atoms with E-state index < -0.39 is 17.2 Å². The largest absolute Gasteiger partial charge is 0.439 e. The van der Waals surface area contributed by atoms with Crippen molar-refractivity contribution in [3.8, 4) is 0 Å². The predicted octanol–water partition coefficient (Wildman–Crippen LogP) is 3.04. The maximum Gasteiger partial charge on any atom is 0.439 e. The number of hydrogen-bond donors (Lipinski definition) is 0. The predicted molar refractivity (Wildman–Crippen MR) is 24.3 cm³/mol. The molecule has 61 valence electrons. The minimum absolute atomic E-state index is 1.19. The molecule has 0 bridgehead atoms. The monoisotopic (exact) mass is 229 g/mol. The van der Waals surface area contributed by atoms with Gasteiger partial charge in [-0.05, 0) is 15.9 Å². The van der Waals surface area contributed by atoms with Crippen LogP contribution >= 0.6 is 15.9 Å². The Balaban J connectivity index is 4.40. The molecule has 0 fully saturated rings. The number of rotatable bonds is 1. The van der Waals surface area contributed by atoms with Gasteiger partial charge in [0.05, 0.1) is 0 Å². The summed E-state index contributed by atoms with van der Waals surface area (Å²) in [6.07, 6.45) is -8.98. The first-order valence-corrected chi connectivity index (χ1v) is 2.62. The zero-order valence-electron chi connectivity index (χ0n) is 4.15. The molecule has 0 rings (SSSR count). The highest BCUT2D eigenvalue weighted by molar-refractivity contribution is 9.10. The Morgan fingerprint density at radius 3 is 1.30 bits per heavy atom. The third-order valence-corrected chi connectivity index (χ3v) is 1.34. The Hall–Kier alpha value is 0.0600. The molecule has 0 aliphatic heterocycles. The van der Waals surface area contributed by atoms with Gasteiger partial charge in [-0.15, -0.1) is 0 Å². The van der Waals surface area contributed by atoms with Crippen molar-refractivity contribution in [1.82, 2.24) is 0 Å². The molecule has 1 radical (unpaired) electrons. The van der Waals surface area contributed by atoms with Crippen molar-refractivity contribution in [3.63, 3.8) is 0 Å². The molecule has 7 heteroatoms. The Bertz CT molecular complexity index is 115. The van der Waals surface area contributed by atoms with Crippen molar-refractivity contribution >= 4 is 15.9 Å². The van der Waals surface area contributed by atoms with E-state index >= 15 is 0 Å². The highest BCUT2D eigenvalue weighted by atomic mass is 79.9. The molecule has 0 aromatic heterocycles. The van der Waals surface area contributed by atoms with Crippen LogP contribution in [-0.4, -0.2) is 10.8 Å². The Morgan fingerprint density at radius 2 is 1.30 bits per heavy atom. The summed E-state index contributed by atoms with van der Waals surface area (Å²) in [4.78, 5) is 0. The lowest BCUT2D eigenvalue weighted by atomic mass is 10.4. The summed E-state index contributed by atoms with van der Waals surface area (Å²) in [5.41, 5.74) is 0. The van der Waals surface area contributed by atoms with E-state index in [2.05, 4.69) is 0 Å². The second kappa shape index (κ2) is 2.60. The molecule has 0 spiro atoms. The van der Waals surface area contributed by atoms with E-state index in [0.717, 1.165) is 0 Å². The Labute approximate surface area is 60.3 Å². The zero-order valence-corrected chi connectivity index (χ0v) is 5.73. The van der Waals surface area contributed by atoms with Crippen LogP contribution in [0, 0.1) is 6.43 Å². The van der Waals surface area contributed by atoms with Gasteiger partial charge in [0.1, 0.15) is 0 Å². The number of halogens is 7. The van der Waals surface area contributed by atoms with E-state index in [4.69, 9.17) is 0 Å². The van der Waals surface area contributed by atoms with Gasteiger partial charge in [0.25, 0.3) is 0 Å². The van der Waals surface area contributed by atoms with Crippen molar-refractivity contribution in [2.75, 3.05) is 0 Å². The summed E-state index contributed by atoms with van der Waals surface area (Å²) >= 11 is 1.19. The van der Waals surface area contributed by atoms with E-state index in [9.17, 15) is 26.3 Å². The van der Waals surface area contributed by atoms with Gasteiger partial charge < -0.3 is 0 Å². The average Bonchev–Trinajstić information content (AvgIpc) is 1.62. The molecule has 0 aliphatic rings. The summed E-state index contributed by atoms with van der Waals surface area (Å²) in [7, 11) is 0. The molecule has 0 saturated carbocycles. The summed E-state index contributed by atoms with van der Waals surface area (Å²) in [6, 6.07) is 0. The van der Waals surface area contributed by atoms with Crippen LogP contribution in [0.2, 0.25) is 0 Å². The molecular weight excluding hydrogens is 230 g/mol. The van der Waals surface area contributed by atoms with Crippen LogP contribution in [0.3, 0.4) is 0 Å². The topological polar surface area (TPSA) is 0 Å². The molecule has 0 nitrogen and oxygen atoms in total. The van der Waals surface area contributed by atoms with Crippen LogP contribution in [0.4, 0.5) is 26.3 Å². The molecule has 0 N–H and O–H groups in total. The van der Waals surface area contributed by atoms with Crippen molar-refractivity contribution in [2.45, 2.75) is 10.8 Å². The van der Waals surface area contributed by atoms with Crippen LogP contribution in [0.15, 0.2) is 0 Å². The van der Waals surface area contributed by atoms with Gasteiger partial charge in [0, 0.05) is 0 Å². The summed E-state index contributed by atoms with van der Waals surface area (Å²) < 4.78 is 62.7. The SMILES string of the molecule is F[C](F)C(F)(Br)C(F)(F)F. The average molecular weight is 230 g/mol. The van der Waals surface area contributed by atoms with Crippen molar-refractivity contribution < 1.29 is 26.3 Å². The molecule has 1 unspecified atom stereocenters. The minimum Gasteiger partial charge on any atom is -0.214 e. The smallest absolute Gasteiger partial charge is 0.214 e. The highest BCUT2D eigenvalue weighted by Crippen LogP contribution is 2.46. The number of alkyl halides is 5. The van der Waals surface area contributed by atoms with Gasteiger partial charge in [-0.1, -0.05) is 0 Å². The van der Waals surface area contributed by atoms with E-state index in [1.54, 1.807) is 0 Å². The summed E-state index contributed by atoms with van der Waals surface area (Å²) in [5, 5.41) is 0. The highest BCUT2D eigenvalue weighted by Gasteiger charge is 2.62. The van der Waals surface area contributed by atoms with Crippen LogP contribution in [0.5, 0.6) is 0 Å². The summed E-state index contributed by atoms with van der Waals surface area (Å²) in [5.74, 6) is 0. The molecule has 0 aliphatic carbocycles. The zero-order chi connectivity index (χ0) is 8.58. The fraction of sp³-hybridized carbons (Fsp3) is 0.667. The van der Waals surface area contributed by atoms with Crippen molar-refractivity contribution in [1.29, 1.82) is 0 Å². The first kappa shape index (κ1) is 10.1. The van der Waals surface area contributed by atoms with Crippen molar-refractivity contribution in [3.05, 3.63) is 6.43 Å². The van der Waals surface area contributed by atoms with Crippen LogP contribution in [0.25, 0.3) is 0 Å². The number of hydrogen-bond acceptors (Lipinski definition) is 0. The first-order chi connectivity index (χ1) is 4.19. The lowest BCUT2D eigenvalue weighted by Gasteiger charge is -2.18. The molecule has 0 aromatic rings.